The van der Waals surface area contributed by atoms with Gasteiger partial charge in [-0.05, 0) is 43.2 Å². The average molecular weight is 367 g/mol. The van der Waals surface area contributed by atoms with E-state index in [2.05, 4.69) is 5.16 Å². The Labute approximate surface area is 153 Å². The number of rotatable bonds is 4. The first kappa shape index (κ1) is 16.2. The maximum atomic E-state index is 13.4. The fourth-order valence-electron chi connectivity index (χ4n) is 4.18. The van der Waals surface area contributed by atoms with Gasteiger partial charge in [-0.1, -0.05) is 17.3 Å². The molecule has 3 atom stereocenters. The van der Waals surface area contributed by atoms with Gasteiger partial charge < -0.3 is 13.7 Å². The molecule has 0 spiro atoms. The molecular formula is C20H18FN3O3. The Hall–Kier alpha value is -2.96. The second-order valence-electron chi connectivity index (χ2n) is 7.52. The van der Waals surface area contributed by atoms with Crippen LogP contribution in [0.5, 0.6) is 0 Å². The van der Waals surface area contributed by atoms with Gasteiger partial charge in [0.2, 0.25) is 0 Å². The van der Waals surface area contributed by atoms with Crippen molar-refractivity contribution in [2.75, 3.05) is 0 Å². The zero-order chi connectivity index (χ0) is 18.5. The van der Waals surface area contributed by atoms with Crippen LogP contribution in [0, 0.1) is 17.7 Å². The summed E-state index contributed by atoms with van der Waals surface area (Å²) < 4.78 is 21.5. The Morgan fingerprint density at radius 2 is 1.89 bits per heavy atom. The fourth-order valence-corrected chi connectivity index (χ4v) is 4.18. The molecule has 1 unspecified atom stereocenters. The summed E-state index contributed by atoms with van der Waals surface area (Å²) in [5.41, 5.74) is 0.0120. The molecular weight excluding hydrogens is 349 g/mol. The normalized spacial score (nSPS) is 23.4. The number of nitrogens with zero attached hydrogens (tertiary/aromatic N) is 3. The molecule has 6 nitrogen and oxygen atoms in total. The zero-order valence-electron chi connectivity index (χ0n) is 14.5. The van der Waals surface area contributed by atoms with E-state index >= 15 is 0 Å². The summed E-state index contributed by atoms with van der Waals surface area (Å²) >= 11 is 0. The Morgan fingerprint density at radius 3 is 2.67 bits per heavy atom. The summed E-state index contributed by atoms with van der Waals surface area (Å²) in [6, 6.07) is 7.80. The molecule has 0 radical (unpaired) electrons. The second kappa shape index (κ2) is 6.04. The van der Waals surface area contributed by atoms with E-state index in [0.717, 1.165) is 24.7 Å². The Kier molecular flexibility index (Phi) is 3.63. The smallest absolute Gasteiger partial charge is 0.316 e. The number of fused-ring (bicyclic) bond motifs is 1. The highest BCUT2D eigenvalue weighted by Crippen LogP contribution is 2.55. The molecule has 2 fully saturated rings. The minimum atomic E-state index is -0.562. The molecule has 0 aliphatic heterocycles. The van der Waals surface area contributed by atoms with E-state index in [1.807, 2.05) is 0 Å². The van der Waals surface area contributed by atoms with Gasteiger partial charge in [0.1, 0.15) is 11.5 Å². The van der Waals surface area contributed by atoms with Gasteiger partial charge in [-0.3, -0.25) is 9.59 Å². The zero-order valence-corrected chi connectivity index (χ0v) is 14.5. The van der Waals surface area contributed by atoms with Crippen LogP contribution in [0.25, 0.3) is 11.3 Å². The van der Waals surface area contributed by atoms with E-state index in [1.54, 1.807) is 35.2 Å². The van der Waals surface area contributed by atoms with Gasteiger partial charge in [0.25, 0.3) is 0 Å². The lowest BCUT2D eigenvalue weighted by Crippen LogP contribution is -2.42. The van der Waals surface area contributed by atoms with Crippen LogP contribution < -0.4 is 11.1 Å². The predicted octanol–water partition coefficient (Wildman–Crippen LogP) is 2.82. The molecule has 3 aromatic rings. The van der Waals surface area contributed by atoms with Crippen molar-refractivity contribution < 1.29 is 8.91 Å². The van der Waals surface area contributed by atoms with E-state index < -0.39 is 11.1 Å². The van der Waals surface area contributed by atoms with Crippen LogP contribution in [0.2, 0.25) is 0 Å². The molecule has 7 heteroatoms. The van der Waals surface area contributed by atoms with Crippen LogP contribution in [0.1, 0.15) is 31.0 Å². The lowest BCUT2D eigenvalue weighted by Gasteiger charge is -2.15. The summed E-state index contributed by atoms with van der Waals surface area (Å²) in [6.07, 6.45) is 6.58. The maximum Gasteiger partial charge on any atom is 0.316 e. The molecule has 2 aliphatic carbocycles. The SMILES string of the molecule is O=c1c(=O)n(C2C[C@@H]3C[C@@H]3C2)ccn1Cc1cc(-c2cccc(F)c2)on1. The first-order chi connectivity index (χ1) is 13.1. The number of benzene rings is 1. The molecule has 0 amide bonds. The van der Waals surface area contributed by atoms with Gasteiger partial charge in [0.15, 0.2) is 5.76 Å². The van der Waals surface area contributed by atoms with E-state index in [9.17, 15) is 14.0 Å². The van der Waals surface area contributed by atoms with Crippen LogP contribution in [-0.4, -0.2) is 14.3 Å². The molecule has 2 aromatic heterocycles. The highest BCUT2D eigenvalue weighted by atomic mass is 19.1. The first-order valence-corrected chi connectivity index (χ1v) is 9.11. The molecule has 0 N–H and O–H groups in total. The van der Waals surface area contributed by atoms with Gasteiger partial charge >= 0.3 is 11.1 Å². The van der Waals surface area contributed by atoms with Crippen molar-refractivity contribution in [3.63, 3.8) is 0 Å². The highest BCUT2D eigenvalue weighted by Gasteiger charge is 2.46. The summed E-state index contributed by atoms with van der Waals surface area (Å²) in [5, 5.41) is 3.94. The van der Waals surface area contributed by atoms with Gasteiger partial charge in [0.05, 0.1) is 6.54 Å². The van der Waals surface area contributed by atoms with E-state index in [4.69, 9.17) is 4.52 Å². The molecule has 5 rings (SSSR count). The first-order valence-electron chi connectivity index (χ1n) is 9.11. The largest absolute Gasteiger partial charge is 0.356 e. The number of hydrogen-bond acceptors (Lipinski definition) is 4. The molecule has 2 aliphatic rings. The van der Waals surface area contributed by atoms with Crippen molar-refractivity contribution in [1.29, 1.82) is 0 Å². The quantitative estimate of drug-likeness (QED) is 0.665. The highest BCUT2D eigenvalue weighted by molar-refractivity contribution is 5.57. The molecule has 2 saturated carbocycles. The lowest BCUT2D eigenvalue weighted by molar-refractivity contribution is 0.418. The average Bonchev–Trinajstić information content (AvgIpc) is 3.06. The van der Waals surface area contributed by atoms with Crippen LogP contribution in [0.3, 0.4) is 0 Å². The van der Waals surface area contributed by atoms with E-state index in [-0.39, 0.29) is 18.4 Å². The summed E-state index contributed by atoms with van der Waals surface area (Å²) in [4.78, 5) is 25.0. The number of halogens is 1. The summed E-state index contributed by atoms with van der Waals surface area (Å²) in [7, 11) is 0. The van der Waals surface area contributed by atoms with Crippen molar-refractivity contribution in [1.82, 2.24) is 14.3 Å². The van der Waals surface area contributed by atoms with Crippen molar-refractivity contribution in [2.24, 2.45) is 11.8 Å². The van der Waals surface area contributed by atoms with Gasteiger partial charge in [-0.15, -0.1) is 0 Å². The van der Waals surface area contributed by atoms with Crippen LogP contribution in [0.15, 0.2) is 56.8 Å². The summed E-state index contributed by atoms with van der Waals surface area (Å²) in [6.45, 7) is 0.129. The number of hydrogen-bond donors (Lipinski definition) is 0. The second-order valence-corrected chi connectivity index (χ2v) is 7.52. The van der Waals surface area contributed by atoms with E-state index in [0.29, 0.717) is 17.0 Å². The third-order valence-electron chi connectivity index (χ3n) is 5.70. The Morgan fingerprint density at radius 1 is 1.07 bits per heavy atom. The minimum absolute atomic E-state index is 0.129. The van der Waals surface area contributed by atoms with Crippen LogP contribution in [0.4, 0.5) is 4.39 Å². The minimum Gasteiger partial charge on any atom is -0.356 e. The predicted molar refractivity (Wildman–Crippen MR) is 95.8 cm³/mol. The standard InChI is InChI=1S/C20H18FN3O3/c21-15-3-1-2-12(7-15)18-10-16(22-27-18)11-23-4-5-24(20(26)19(23)25)17-8-13-6-14(13)9-17/h1-5,7,10,13-14,17H,6,8-9,11H2/t13-,14+,17?. The van der Waals surface area contributed by atoms with Crippen molar-refractivity contribution in [3.05, 3.63) is 74.9 Å². The Bertz CT molecular complexity index is 1120. The van der Waals surface area contributed by atoms with Crippen LogP contribution >= 0.6 is 0 Å². The van der Waals surface area contributed by atoms with Crippen LogP contribution in [-0.2, 0) is 6.54 Å². The van der Waals surface area contributed by atoms with Gasteiger partial charge in [0, 0.05) is 30.1 Å². The molecule has 27 heavy (non-hydrogen) atoms. The van der Waals surface area contributed by atoms with Crippen molar-refractivity contribution >= 4 is 0 Å². The maximum absolute atomic E-state index is 13.4. The molecule has 1 aromatic carbocycles. The van der Waals surface area contributed by atoms with Crippen molar-refractivity contribution in [2.45, 2.75) is 31.8 Å². The van der Waals surface area contributed by atoms with Gasteiger partial charge in [-0.2, -0.15) is 0 Å². The van der Waals surface area contributed by atoms with Gasteiger partial charge in [-0.25, -0.2) is 4.39 Å². The Balaban J connectivity index is 1.39. The molecule has 2 heterocycles. The monoisotopic (exact) mass is 367 g/mol. The lowest BCUT2D eigenvalue weighted by atomic mass is 10.1. The number of aromatic nitrogens is 3. The van der Waals surface area contributed by atoms with E-state index in [1.165, 1.54) is 23.1 Å². The fraction of sp³-hybridized carbons (Fsp3) is 0.350. The molecule has 0 bridgehead atoms. The molecule has 0 saturated heterocycles. The molecule has 138 valence electrons. The topological polar surface area (TPSA) is 70.0 Å². The third kappa shape index (κ3) is 2.93. The summed E-state index contributed by atoms with van der Waals surface area (Å²) in [5.74, 6) is 1.52. The third-order valence-corrected chi connectivity index (χ3v) is 5.70. The van der Waals surface area contributed by atoms with Crippen molar-refractivity contribution in [3.8, 4) is 11.3 Å².